The van der Waals surface area contributed by atoms with E-state index in [1.165, 1.54) is 6.42 Å². The van der Waals surface area contributed by atoms with Crippen LogP contribution in [0.25, 0.3) is 43.6 Å². The molecule has 2 aromatic heterocycles. The molecule has 3 heterocycles. The molecule has 0 aliphatic carbocycles. The van der Waals surface area contributed by atoms with Crippen LogP contribution in [-0.2, 0) is 0 Å². The van der Waals surface area contributed by atoms with Gasteiger partial charge in [0.15, 0.2) is 16.6 Å². The first-order valence-corrected chi connectivity index (χ1v) is 11.4. The second-order valence-corrected chi connectivity index (χ2v) is 8.86. The van der Waals surface area contributed by atoms with Gasteiger partial charge in [-0.2, -0.15) is 0 Å². The van der Waals surface area contributed by atoms with Crippen LogP contribution in [0.1, 0.15) is 29.6 Å². The number of piperidine rings is 1. The van der Waals surface area contributed by atoms with E-state index in [2.05, 4.69) is 14.9 Å². The molecule has 6 rings (SSSR count). The minimum atomic E-state index is -0.197. The van der Waals surface area contributed by atoms with Crippen LogP contribution in [0.4, 0.5) is 0 Å². The maximum Gasteiger partial charge on any atom is 0.198 e. The van der Waals surface area contributed by atoms with E-state index in [1.54, 1.807) is 18.2 Å². The number of hydrogen-bond acceptors (Lipinski definition) is 4. The summed E-state index contributed by atoms with van der Waals surface area (Å²) in [5, 5.41) is 1.84. The van der Waals surface area contributed by atoms with Gasteiger partial charge in [0.1, 0.15) is 0 Å². The van der Waals surface area contributed by atoms with Gasteiger partial charge in [0.2, 0.25) is 0 Å². The molecular formula is C27H23N3O3. The lowest BCUT2D eigenvalue weighted by atomic mass is 9.96. The minimum absolute atomic E-state index is 0.140. The second kappa shape index (κ2) is 7.67. The van der Waals surface area contributed by atoms with Crippen molar-refractivity contribution in [3.05, 3.63) is 80.6 Å². The Morgan fingerprint density at radius 3 is 2.12 bits per heavy atom. The lowest BCUT2D eigenvalue weighted by Crippen LogP contribution is -2.35. The molecule has 0 saturated carbocycles. The third-order valence-electron chi connectivity index (χ3n) is 6.77. The topological polar surface area (TPSA) is 86.0 Å². The van der Waals surface area contributed by atoms with E-state index < -0.39 is 0 Å². The Hall–Kier alpha value is -3.77. The average molecular weight is 437 g/mol. The predicted octanol–water partition coefficient (Wildman–Crippen LogP) is 4.34. The van der Waals surface area contributed by atoms with Gasteiger partial charge >= 0.3 is 0 Å². The number of aromatic nitrogens is 2. The number of ketones is 1. The number of benzene rings is 3. The molecule has 0 bridgehead atoms. The number of nitrogens with zero attached hydrogens (tertiary/aromatic N) is 1. The van der Waals surface area contributed by atoms with Crippen molar-refractivity contribution < 1.29 is 4.79 Å². The molecule has 0 unspecified atom stereocenters. The smallest absolute Gasteiger partial charge is 0.198 e. The molecular weight excluding hydrogens is 414 g/mol. The van der Waals surface area contributed by atoms with Crippen LogP contribution in [0.15, 0.2) is 64.2 Å². The van der Waals surface area contributed by atoms with Gasteiger partial charge < -0.3 is 9.97 Å². The summed E-state index contributed by atoms with van der Waals surface area (Å²) in [6.07, 6.45) is 3.30. The number of carbonyl (C=O) groups is 1. The molecule has 0 amide bonds. The van der Waals surface area contributed by atoms with Crippen molar-refractivity contribution in [1.29, 1.82) is 0 Å². The predicted molar refractivity (Wildman–Crippen MR) is 132 cm³/mol. The summed E-state index contributed by atoms with van der Waals surface area (Å²) in [5.74, 6) is -0.140. The molecule has 6 heteroatoms. The fourth-order valence-corrected chi connectivity index (χ4v) is 5.14. The van der Waals surface area contributed by atoms with Crippen molar-refractivity contribution in [2.75, 3.05) is 19.6 Å². The Morgan fingerprint density at radius 1 is 0.758 bits per heavy atom. The van der Waals surface area contributed by atoms with Gasteiger partial charge in [0, 0.05) is 27.2 Å². The van der Waals surface area contributed by atoms with Gasteiger partial charge in [0.25, 0.3) is 0 Å². The fourth-order valence-electron chi connectivity index (χ4n) is 5.14. The van der Waals surface area contributed by atoms with E-state index in [4.69, 9.17) is 0 Å². The highest BCUT2D eigenvalue weighted by Crippen LogP contribution is 2.27. The first-order valence-electron chi connectivity index (χ1n) is 11.4. The van der Waals surface area contributed by atoms with Crippen LogP contribution in [-0.4, -0.2) is 40.3 Å². The number of fused-ring (bicyclic) bond motifs is 4. The van der Waals surface area contributed by atoms with Crippen molar-refractivity contribution in [1.82, 2.24) is 14.9 Å². The van der Waals surface area contributed by atoms with Gasteiger partial charge in [-0.1, -0.05) is 30.7 Å². The zero-order chi connectivity index (χ0) is 22.5. The van der Waals surface area contributed by atoms with Crippen LogP contribution in [0.5, 0.6) is 0 Å². The number of para-hydroxylation sites is 2. The highest BCUT2D eigenvalue weighted by atomic mass is 16.1. The summed E-state index contributed by atoms with van der Waals surface area (Å²) in [5.41, 5.74) is 2.24. The minimum Gasteiger partial charge on any atom is -0.354 e. The van der Waals surface area contributed by atoms with E-state index in [1.807, 2.05) is 36.4 Å². The van der Waals surface area contributed by atoms with E-state index in [9.17, 15) is 14.4 Å². The van der Waals surface area contributed by atoms with Crippen molar-refractivity contribution in [3.8, 4) is 0 Å². The monoisotopic (exact) mass is 437 g/mol. The molecule has 1 saturated heterocycles. The van der Waals surface area contributed by atoms with Crippen molar-refractivity contribution in [3.63, 3.8) is 0 Å². The van der Waals surface area contributed by atoms with Crippen LogP contribution in [0.2, 0.25) is 0 Å². The Kier molecular flexibility index (Phi) is 4.62. The molecule has 1 aliphatic heterocycles. The van der Waals surface area contributed by atoms with Crippen LogP contribution in [0.3, 0.4) is 0 Å². The number of rotatable bonds is 3. The van der Waals surface area contributed by atoms with Crippen LogP contribution >= 0.6 is 0 Å². The third kappa shape index (κ3) is 3.17. The normalized spacial score (nSPS) is 15.0. The number of nitrogens with one attached hydrogen (secondary N) is 2. The number of Topliss-reactive ketones (excluding diaryl/α,β-unsaturated/α-hetero) is 1. The van der Waals surface area contributed by atoms with E-state index in [-0.39, 0.29) is 23.2 Å². The van der Waals surface area contributed by atoms with Crippen LogP contribution in [0, 0.1) is 0 Å². The number of H-pyrrole nitrogens is 2. The van der Waals surface area contributed by atoms with Gasteiger partial charge in [-0.15, -0.1) is 0 Å². The fraction of sp³-hybridized carbons (Fsp3) is 0.222. The molecule has 2 N–H and O–H groups in total. The average Bonchev–Trinajstić information content (AvgIpc) is 2.84. The van der Waals surface area contributed by atoms with E-state index >= 15 is 0 Å². The van der Waals surface area contributed by atoms with Crippen LogP contribution < -0.4 is 10.9 Å². The largest absolute Gasteiger partial charge is 0.354 e. The summed E-state index contributed by atoms with van der Waals surface area (Å²) < 4.78 is 0. The summed E-state index contributed by atoms with van der Waals surface area (Å²) in [7, 11) is 0. The second-order valence-electron chi connectivity index (χ2n) is 8.86. The van der Waals surface area contributed by atoms with Gasteiger partial charge in [-0.05, 0) is 56.3 Å². The molecule has 0 atom stereocenters. The maximum atomic E-state index is 13.8. The molecule has 3 aromatic carbocycles. The van der Waals surface area contributed by atoms with Gasteiger partial charge in [-0.25, -0.2) is 0 Å². The Morgan fingerprint density at radius 2 is 1.39 bits per heavy atom. The number of hydrogen-bond donors (Lipinski definition) is 2. The molecule has 1 fully saturated rings. The number of carbonyl (C=O) groups excluding carboxylic acids is 1. The molecule has 0 radical (unpaired) electrons. The van der Waals surface area contributed by atoms with Gasteiger partial charge in [-0.3, -0.25) is 19.3 Å². The van der Waals surface area contributed by atoms with E-state index in [0.717, 1.165) is 25.9 Å². The Bertz CT molecular complexity index is 1690. The van der Waals surface area contributed by atoms with Gasteiger partial charge in [0.05, 0.1) is 28.5 Å². The molecule has 1 aliphatic rings. The zero-order valence-corrected chi connectivity index (χ0v) is 18.1. The highest BCUT2D eigenvalue weighted by molar-refractivity contribution is 6.20. The standard InChI is InChI=1S/C27H23N3O3/c31-22(15-30-12-6-1-7-13-30)24-23-21(28-19-10-4-3-9-17(19)27(23)33)14-18-25(24)29-20-11-5-2-8-16(20)26(18)32/h2-5,8-11,14H,1,6-7,12-13,15H2,(H,28,33)(H,29,32). The molecule has 33 heavy (non-hydrogen) atoms. The molecule has 0 spiro atoms. The lowest BCUT2D eigenvalue weighted by Gasteiger charge is -2.26. The quantitative estimate of drug-likeness (QED) is 0.325. The number of aromatic amines is 2. The van der Waals surface area contributed by atoms with E-state index in [0.29, 0.717) is 49.2 Å². The molecule has 5 aromatic rings. The Balaban J connectivity index is 1.73. The van der Waals surface area contributed by atoms with Crippen molar-refractivity contribution in [2.45, 2.75) is 19.3 Å². The van der Waals surface area contributed by atoms with Crippen molar-refractivity contribution >= 4 is 49.4 Å². The first-order chi connectivity index (χ1) is 16.1. The molecule has 164 valence electrons. The summed E-state index contributed by atoms with van der Waals surface area (Å²) in [6.45, 7) is 1.97. The SMILES string of the molecule is O=C(CN1CCCCC1)c1c2[nH]c3ccccc3c(=O)c2cc2[nH]c3ccccc3c(=O)c12. The zero-order valence-electron chi connectivity index (χ0n) is 18.1. The molecule has 6 nitrogen and oxygen atoms in total. The van der Waals surface area contributed by atoms with Crippen molar-refractivity contribution in [2.24, 2.45) is 0 Å². The lowest BCUT2D eigenvalue weighted by molar-refractivity contribution is 0.0918. The summed E-state index contributed by atoms with van der Waals surface area (Å²) in [6, 6.07) is 16.2. The highest BCUT2D eigenvalue weighted by Gasteiger charge is 2.24. The summed E-state index contributed by atoms with van der Waals surface area (Å²) >= 11 is 0. The first kappa shape index (κ1) is 19.9. The number of likely N-dealkylation sites (tertiary alicyclic amines) is 1. The summed E-state index contributed by atoms with van der Waals surface area (Å²) in [4.78, 5) is 49.5. The number of pyridine rings is 2. The third-order valence-corrected chi connectivity index (χ3v) is 6.77. The maximum absolute atomic E-state index is 13.8. The Labute approximate surface area is 188 Å².